The van der Waals surface area contributed by atoms with Gasteiger partial charge in [-0.2, -0.15) is 22.8 Å². The Bertz CT molecular complexity index is 7730. The lowest BCUT2D eigenvalue weighted by Crippen LogP contribution is -2.32. The van der Waals surface area contributed by atoms with E-state index in [0.717, 1.165) is 0 Å². The van der Waals surface area contributed by atoms with Gasteiger partial charge >= 0.3 is 0 Å². The second-order valence-corrected chi connectivity index (χ2v) is 43.6. The number of nitrogens with zero attached hydrogens (tertiary/aromatic N) is 10. The number of aryl methyl sites for hydroxylation is 23. The number of aromatic nitrogens is 10. The van der Waals surface area contributed by atoms with E-state index in [1.165, 1.54) is 275 Å². The molecule has 0 N–H and O–H groups in total. The van der Waals surface area contributed by atoms with Gasteiger partial charge in [-0.1, -0.05) is 233 Å². The van der Waals surface area contributed by atoms with Crippen LogP contribution in [-0.2, 0) is 35.2 Å². The fraction of sp³-hybridized carbons (Fsp3) is 0.316. The molecule has 0 aliphatic rings. The van der Waals surface area contributed by atoms with Crippen molar-refractivity contribution in [2.75, 3.05) is 0 Å². The normalized spacial score (nSPS) is 11.4. The Hall–Kier alpha value is -14.1. The molecule has 0 bridgehead atoms. The summed E-state index contributed by atoms with van der Waals surface area (Å²) in [6, 6.07) is 75.4. The number of para-hydroxylation sites is 3. The van der Waals surface area contributed by atoms with Crippen LogP contribution in [0, 0.1) is 159 Å². The van der Waals surface area contributed by atoms with Gasteiger partial charge in [0.15, 0.2) is 31.0 Å². The maximum atomic E-state index is 2.48. The summed E-state index contributed by atoms with van der Waals surface area (Å²) in [4.78, 5) is 0. The molecule has 10 heteroatoms. The standard InChI is InChI=1S/C32H31N2.C32H39N2.C26H35N2.2C23H29N2/c1-22-19-30(33(5)20-23(22)2)31-25(4)24(3)21-34(31)32-28(26-13-8-6-9-14-26)17-12-18-29(32)27-15-10-7-11-16-27;1-20(2)28-16-27(26-13-11-10-12-14-26)17-29(21(3)4)32(28)34-19-24(7)25(8)31(34)30-15-22(5)23(6)18-33(30)9;1-16(2)22-11-10-12-23(17(3)4)26(22)28-15-20(7)21(8)25(28)24-13-18(5)19(6)14-27(24)9;1-14-9-16(3)22(17(4)10-14)25-13-19(6)20(7)23(25)21-11-15(2)18(5)12-24(21)8;1-15(2)20-10-8-9-11-21(20)25-14-18(5)19(6)23(25)22-12-16(3)17(4)13-24(22)7/h6-21H,1-5H3;10-21H,1-9H3;10-17H,1-9H3;9-13H,1-8H3;8-15H,1-7H3/q5*+1. The van der Waals surface area contributed by atoms with Gasteiger partial charge in [0.2, 0.25) is 28.5 Å². The van der Waals surface area contributed by atoms with Crippen LogP contribution < -0.4 is 22.8 Å². The van der Waals surface area contributed by atoms with E-state index in [2.05, 4.69) is 578 Å². The van der Waals surface area contributed by atoms with Crippen molar-refractivity contribution in [1.82, 2.24) is 22.8 Å². The van der Waals surface area contributed by atoms with Gasteiger partial charge in [-0.25, -0.2) is 0 Å². The topological polar surface area (TPSA) is 44.0 Å². The van der Waals surface area contributed by atoms with Crippen LogP contribution in [0.3, 0.4) is 0 Å². The lowest BCUT2D eigenvalue weighted by Gasteiger charge is -2.24. The molecule has 0 aliphatic heterocycles. The molecular weight excluding hydrogens is 1770 g/mol. The van der Waals surface area contributed by atoms with Gasteiger partial charge in [0.25, 0.3) is 0 Å². The Morgan fingerprint density at radius 1 is 0.185 bits per heavy atom. The first-order valence-corrected chi connectivity index (χ1v) is 52.8. The first-order chi connectivity index (χ1) is 69.2. The quantitative estimate of drug-likeness (QED) is 0.0769. The first kappa shape index (κ1) is 108. The molecule has 10 nitrogen and oxygen atoms in total. The zero-order valence-corrected chi connectivity index (χ0v) is 95.3. The number of rotatable bonds is 18. The summed E-state index contributed by atoms with van der Waals surface area (Å²) < 4.78 is 23.4. The molecule has 0 aliphatic carbocycles. The van der Waals surface area contributed by atoms with E-state index in [-0.39, 0.29) is 0 Å². The average molecular weight is 1940 g/mol. The zero-order chi connectivity index (χ0) is 106. The van der Waals surface area contributed by atoms with Crippen molar-refractivity contribution in [3.05, 3.63) is 424 Å². The Morgan fingerprint density at radius 3 is 0.726 bits per heavy atom. The van der Waals surface area contributed by atoms with Gasteiger partial charge < -0.3 is 22.8 Å². The fourth-order valence-electron chi connectivity index (χ4n) is 21.4. The number of benzene rings is 8. The highest BCUT2D eigenvalue weighted by Crippen LogP contribution is 2.46. The Balaban J connectivity index is 0.000000145. The van der Waals surface area contributed by atoms with Crippen molar-refractivity contribution >= 4 is 0 Å². The fourth-order valence-corrected chi connectivity index (χ4v) is 21.4. The van der Waals surface area contributed by atoms with Gasteiger partial charge in [-0.15, -0.1) is 0 Å². The average Bonchev–Trinajstić information content (AvgIpc) is 1.62. The number of hydrogen-bond donors (Lipinski definition) is 0. The second-order valence-electron chi connectivity index (χ2n) is 43.6. The maximum absolute atomic E-state index is 2.48. The van der Waals surface area contributed by atoms with Crippen molar-refractivity contribution in [3.8, 4) is 119 Å². The number of hydrogen-bond acceptors (Lipinski definition) is 0. The molecule has 0 spiro atoms. The van der Waals surface area contributed by atoms with E-state index in [0.29, 0.717) is 29.6 Å². The monoisotopic (exact) mass is 1940 g/mol. The van der Waals surface area contributed by atoms with E-state index >= 15 is 0 Å². The van der Waals surface area contributed by atoms with Crippen LogP contribution >= 0.6 is 0 Å². The molecule has 10 heterocycles. The van der Waals surface area contributed by atoms with Crippen LogP contribution in [-0.4, -0.2) is 22.8 Å². The second kappa shape index (κ2) is 44.9. The zero-order valence-electron chi connectivity index (χ0n) is 95.3. The molecular formula is C136H163N10+5. The molecule has 18 rings (SSSR count). The third kappa shape index (κ3) is 22.0. The van der Waals surface area contributed by atoms with Crippen LogP contribution in [0.1, 0.15) is 255 Å². The van der Waals surface area contributed by atoms with Gasteiger partial charge in [-0.05, 0) is 352 Å². The van der Waals surface area contributed by atoms with Crippen molar-refractivity contribution in [2.45, 2.75) is 258 Å². The third-order valence-electron chi connectivity index (χ3n) is 31.0. The summed E-state index contributed by atoms with van der Waals surface area (Å²) >= 11 is 0. The molecule has 0 fully saturated rings. The lowest BCUT2D eigenvalue weighted by atomic mass is 9.88. The van der Waals surface area contributed by atoms with Crippen LogP contribution in [0.15, 0.2) is 268 Å². The highest BCUT2D eigenvalue weighted by molar-refractivity contribution is 5.88. The predicted molar refractivity (Wildman–Crippen MR) is 618 cm³/mol. The Kier molecular flexibility index (Phi) is 33.1. The van der Waals surface area contributed by atoms with E-state index in [1.54, 1.807) is 0 Å². The SMILES string of the molecule is Cc1cc(-c2c(C)c(C)cn2-c2c(-c3ccccc3)cccc2-c2ccccc2)[n+](C)cc1C.Cc1cc(-c2c(C)c(C)cn2-c2c(C(C)C)cc(-c3ccccc3)cc2C(C)C)[n+](C)cc1C.Cc1cc(-c2c(C)c(C)cn2-c2c(C(C)C)cccc2C(C)C)[n+](C)cc1C.Cc1cc(-c2c(C)c(C)cn2-c2ccccc2C(C)C)[n+](C)cc1C.Cc1cc(C)c(-n2cc(C)c(C)c2-c2cc(C)c(C)c[n+]2C)c(C)c1. The lowest BCUT2D eigenvalue weighted by molar-refractivity contribution is -0.661. The minimum atomic E-state index is 0.403. The van der Waals surface area contributed by atoms with E-state index < -0.39 is 0 Å². The summed E-state index contributed by atoms with van der Waals surface area (Å²) in [7, 11) is 10.8. The predicted octanol–water partition coefficient (Wildman–Crippen LogP) is 32.6. The van der Waals surface area contributed by atoms with Crippen LogP contribution in [0.25, 0.3) is 119 Å². The van der Waals surface area contributed by atoms with E-state index in [9.17, 15) is 0 Å². The molecule has 752 valence electrons. The van der Waals surface area contributed by atoms with Gasteiger partial charge in [0.05, 0.1) is 22.7 Å². The summed E-state index contributed by atoms with van der Waals surface area (Å²) in [5, 5.41) is 0. The molecule has 0 atom stereocenters. The molecule has 0 saturated heterocycles. The summed E-state index contributed by atoms with van der Waals surface area (Å²) in [5.74, 6) is 2.23. The minimum absolute atomic E-state index is 0.403. The van der Waals surface area contributed by atoms with Crippen LogP contribution in [0.2, 0.25) is 0 Å². The summed E-state index contributed by atoms with van der Waals surface area (Å²) in [5.41, 5.74) is 64.1. The van der Waals surface area contributed by atoms with E-state index in [4.69, 9.17) is 0 Å². The molecule has 0 unspecified atom stereocenters. The van der Waals surface area contributed by atoms with Crippen molar-refractivity contribution in [2.24, 2.45) is 35.2 Å². The first-order valence-electron chi connectivity index (χ1n) is 52.8. The van der Waals surface area contributed by atoms with Crippen molar-refractivity contribution in [1.29, 1.82) is 0 Å². The molecule has 0 saturated carbocycles. The minimum Gasteiger partial charge on any atom is -0.311 e. The van der Waals surface area contributed by atoms with Gasteiger partial charge in [-0.3, -0.25) is 0 Å². The number of pyridine rings is 5. The molecule has 0 amide bonds. The van der Waals surface area contributed by atoms with Crippen molar-refractivity contribution in [3.63, 3.8) is 0 Å². The smallest absolute Gasteiger partial charge is 0.229 e. The van der Waals surface area contributed by atoms with Gasteiger partial charge in [0.1, 0.15) is 63.7 Å². The van der Waals surface area contributed by atoms with E-state index in [1.807, 2.05) is 0 Å². The highest BCUT2D eigenvalue weighted by Gasteiger charge is 2.33. The molecule has 8 aromatic carbocycles. The summed E-state index contributed by atoms with van der Waals surface area (Å²) in [6.07, 6.45) is 22.7. The maximum Gasteiger partial charge on any atom is 0.229 e. The van der Waals surface area contributed by atoms with Gasteiger partial charge in [0, 0.05) is 106 Å². The van der Waals surface area contributed by atoms with Crippen LogP contribution in [0.4, 0.5) is 0 Å². The Labute approximate surface area is 875 Å². The van der Waals surface area contributed by atoms with Crippen molar-refractivity contribution < 1.29 is 22.8 Å². The summed E-state index contributed by atoms with van der Waals surface area (Å²) in [6.45, 7) is 73.7. The molecule has 10 aromatic heterocycles. The highest BCUT2D eigenvalue weighted by atomic mass is 15.1. The third-order valence-corrected chi connectivity index (χ3v) is 31.0. The molecule has 18 aromatic rings. The molecule has 0 radical (unpaired) electrons. The largest absolute Gasteiger partial charge is 0.311 e. The molecule has 146 heavy (non-hydrogen) atoms. The Morgan fingerprint density at radius 2 is 0.425 bits per heavy atom. The van der Waals surface area contributed by atoms with Crippen LogP contribution in [0.5, 0.6) is 0 Å².